The van der Waals surface area contributed by atoms with E-state index in [1.807, 2.05) is 18.5 Å². The summed E-state index contributed by atoms with van der Waals surface area (Å²) in [4.78, 5) is 24.0. The van der Waals surface area contributed by atoms with Gasteiger partial charge >= 0.3 is 0 Å². The first kappa shape index (κ1) is 21.8. The van der Waals surface area contributed by atoms with Crippen LogP contribution in [0.4, 0.5) is 4.39 Å². The van der Waals surface area contributed by atoms with E-state index in [-0.39, 0.29) is 5.82 Å². The molecule has 1 saturated heterocycles. The number of pyridine rings is 3. The van der Waals surface area contributed by atoms with Gasteiger partial charge in [-0.05, 0) is 49.7 Å². The average Bonchev–Trinajstić information content (AvgIpc) is 3.68. The Morgan fingerprint density at radius 1 is 0.892 bits per heavy atom. The largest absolute Gasteiger partial charge is 0.335 e. The molecule has 0 spiro atoms. The number of aromatic amines is 2. The van der Waals surface area contributed by atoms with E-state index in [1.165, 1.54) is 24.5 Å². The van der Waals surface area contributed by atoms with Crippen LogP contribution >= 0.6 is 0 Å². The summed E-state index contributed by atoms with van der Waals surface area (Å²) in [5.74, 6) is 0.257. The second-order valence-electron chi connectivity index (χ2n) is 9.40. The van der Waals surface area contributed by atoms with E-state index in [2.05, 4.69) is 41.1 Å². The lowest BCUT2D eigenvalue weighted by molar-refractivity contribution is 0.331. The molecule has 0 bridgehead atoms. The SMILES string of the molecule is Fc1ccccc1-c1cncc2[nH]c(-c3n[nH]c4cnc(-c5cncc(CN6CCCC6)c5)cc34)nc12. The van der Waals surface area contributed by atoms with Gasteiger partial charge in [-0.15, -0.1) is 0 Å². The molecule has 37 heavy (non-hydrogen) atoms. The van der Waals surface area contributed by atoms with Gasteiger partial charge in [-0.3, -0.25) is 25.0 Å². The molecular formula is C28H23FN8. The molecule has 1 aliphatic heterocycles. The standard InChI is InChI=1S/C28H23FN8/c29-22-6-2-1-5-19(22)21-13-31-14-25-26(21)34-28(33-25)27-20-10-23(32-15-24(20)35-36-27)18-9-17(11-30-12-18)16-37-7-3-4-8-37/h1-2,5-6,9-15H,3-4,7-8,16H2,(H,33,34)(H,35,36). The normalized spacial score (nSPS) is 14.2. The van der Waals surface area contributed by atoms with Crippen LogP contribution in [-0.2, 0) is 6.54 Å². The first-order chi connectivity index (χ1) is 18.2. The number of nitrogens with one attached hydrogen (secondary N) is 2. The Morgan fingerprint density at radius 3 is 2.65 bits per heavy atom. The fourth-order valence-corrected chi connectivity index (χ4v) is 5.09. The van der Waals surface area contributed by atoms with E-state index in [4.69, 9.17) is 4.98 Å². The summed E-state index contributed by atoms with van der Waals surface area (Å²) in [6.07, 6.45) is 11.4. The number of halogens is 1. The Bertz CT molecular complexity index is 1750. The maximum atomic E-state index is 14.5. The smallest absolute Gasteiger partial charge is 0.159 e. The molecule has 2 N–H and O–H groups in total. The van der Waals surface area contributed by atoms with Gasteiger partial charge in [0, 0.05) is 47.2 Å². The number of hydrogen-bond donors (Lipinski definition) is 2. The van der Waals surface area contributed by atoms with Gasteiger partial charge in [0.15, 0.2) is 5.82 Å². The summed E-state index contributed by atoms with van der Waals surface area (Å²) >= 11 is 0. The lowest BCUT2D eigenvalue weighted by atomic mass is 10.1. The van der Waals surface area contributed by atoms with Gasteiger partial charge in [0.25, 0.3) is 0 Å². The molecule has 0 saturated carbocycles. The zero-order valence-electron chi connectivity index (χ0n) is 19.9. The lowest BCUT2D eigenvalue weighted by Crippen LogP contribution is -2.18. The third kappa shape index (κ3) is 3.93. The second-order valence-corrected chi connectivity index (χ2v) is 9.40. The first-order valence-corrected chi connectivity index (χ1v) is 12.3. The van der Waals surface area contributed by atoms with Crippen LogP contribution in [0.3, 0.4) is 0 Å². The van der Waals surface area contributed by atoms with Crippen LogP contribution < -0.4 is 0 Å². The van der Waals surface area contributed by atoms with Gasteiger partial charge in [-0.1, -0.05) is 18.2 Å². The van der Waals surface area contributed by atoms with Crippen LogP contribution in [-0.4, -0.2) is 53.1 Å². The van der Waals surface area contributed by atoms with E-state index in [1.54, 1.807) is 36.8 Å². The topological polar surface area (TPSA) is 99.3 Å². The predicted molar refractivity (Wildman–Crippen MR) is 140 cm³/mol. The van der Waals surface area contributed by atoms with Gasteiger partial charge in [0.05, 0.1) is 29.1 Å². The highest BCUT2D eigenvalue weighted by Crippen LogP contribution is 2.33. The number of imidazole rings is 1. The van der Waals surface area contributed by atoms with Gasteiger partial charge in [-0.2, -0.15) is 5.10 Å². The molecule has 1 aliphatic rings. The fourth-order valence-electron chi connectivity index (χ4n) is 5.09. The second kappa shape index (κ2) is 8.86. The molecule has 0 unspecified atom stereocenters. The van der Waals surface area contributed by atoms with Gasteiger partial charge in [-0.25, -0.2) is 9.37 Å². The van der Waals surface area contributed by atoms with E-state index in [0.29, 0.717) is 33.7 Å². The van der Waals surface area contributed by atoms with Crippen molar-refractivity contribution in [2.75, 3.05) is 13.1 Å². The van der Waals surface area contributed by atoms with Crippen molar-refractivity contribution in [2.45, 2.75) is 19.4 Å². The highest BCUT2D eigenvalue weighted by Gasteiger charge is 2.18. The van der Waals surface area contributed by atoms with Crippen LogP contribution in [0.15, 0.2) is 67.4 Å². The highest BCUT2D eigenvalue weighted by molar-refractivity contribution is 5.97. The third-order valence-corrected chi connectivity index (χ3v) is 6.93. The quantitative estimate of drug-likeness (QED) is 0.338. The molecule has 9 heteroatoms. The van der Waals surface area contributed by atoms with Crippen molar-refractivity contribution < 1.29 is 4.39 Å². The van der Waals surface area contributed by atoms with E-state index in [0.717, 1.165) is 41.8 Å². The maximum Gasteiger partial charge on any atom is 0.159 e. The summed E-state index contributed by atoms with van der Waals surface area (Å²) in [6, 6.07) is 10.8. The minimum atomic E-state index is -0.317. The van der Waals surface area contributed by atoms with Crippen molar-refractivity contribution in [3.63, 3.8) is 0 Å². The average molecular weight is 491 g/mol. The first-order valence-electron chi connectivity index (χ1n) is 12.3. The Balaban J connectivity index is 1.29. The Morgan fingerprint density at radius 2 is 1.76 bits per heavy atom. The monoisotopic (exact) mass is 490 g/mol. The lowest BCUT2D eigenvalue weighted by Gasteiger charge is -2.14. The number of fused-ring (bicyclic) bond motifs is 2. The summed E-state index contributed by atoms with van der Waals surface area (Å²) in [6.45, 7) is 3.17. The highest BCUT2D eigenvalue weighted by atomic mass is 19.1. The molecule has 0 atom stereocenters. The number of benzene rings is 1. The van der Waals surface area contributed by atoms with Crippen LogP contribution in [0.5, 0.6) is 0 Å². The molecule has 182 valence electrons. The van der Waals surface area contributed by atoms with Crippen molar-refractivity contribution >= 4 is 21.9 Å². The van der Waals surface area contributed by atoms with Gasteiger partial charge in [0.2, 0.25) is 0 Å². The minimum absolute atomic E-state index is 0.317. The number of H-pyrrole nitrogens is 2. The summed E-state index contributed by atoms with van der Waals surface area (Å²) < 4.78 is 14.5. The predicted octanol–water partition coefficient (Wildman–Crippen LogP) is 5.36. The summed E-state index contributed by atoms with van der Waals surface area (Å²) in [5, 5.41) is 8.46. The van der Waals surface area contributed by atoms with Crippen molar-refractivity contribution in [3.8, 4) is 33.9 Å². The number of hydrogen-bond acceptors (Lipinski definition) is 6. The van der Waals surface area contributed by atoms with Crippen LogP contribution in [0.25, 0.3) is 55.8 Å². The van der Waals surface area contributed by atoms with Crippen molar-refractivity contribution in [2.24, 2.45) is 0 Å². The van der Waals surface area contributed by atoms with Gasteiger partial charge < -0.3 is 4.98 Å². The van der Waals surface area contributed by atoms with Crippen molar-refractivity contribution in [3.05, 3.63) is 78.8 Å². The molecule has 1 fully saturated rings. The number of nitrogens with zero attached hydrogens (tertiary/aromatic N) is 6. The Kier molecular flexibility index (Phi) is 5.21. The van der Waals surface area contributed by atoms with Gasteiger partial charge in [0.1, 0.15) is 17.0 Å². The summed E-state index contributed by atoms with van der Waals surface area (Å²) in [7, 11) is 0. The van der Waals surface area contributed by atoms with Crippen LogP contribution in [0.1, 0.15) is 18.4 Å². The third-order valence-electron chi connectivity index (χ3n) is 6.93. The molecule has 6 aromatic rings. The molecule has 8 nitrogen and oxygen atoms in total. The minimum Gasteiger partial charge on any atom is -0.335 e. The number of aromatic nitrogens is 7. The van der Waals surface area contributed by atoms with Crippen LogP contribution in [0.2, 0.25) is 0 Å². The molecule has 0 radical (unpaired) electrons. The maximum absolute atomic E-state index is 14.5. The zero-order chi connectivity index (χ0) is 24.8. The zero-order valence-corrected chi connectivity index (χ0v) is 19.9. The molecular weight excluding hydrogens is 467 g/mol. The molecule has 7 rings (SSSR count). The van der Waals surface area contributed by atoms with E-state index < -0.39 is 0 Å². The fraction of sp³-hybridized carbons (Fsp3) is 0.179. The Labute approximate surface area is 211 Å². The summed E-state index contributed by atoms with van der Waals surface area (Å²) in [5.41, 5.74) is 6.85. The molecule has 1 aromatic carbocycles. The van der Waals surface area contributed by atoms with Crippen LogP contribution in [0, 0.1) is 5.82 Å². The molecule has 5 aromatic heterocycles. The van der Waals surface area contributed by atoms with Crippen molar-refractivity contribution in [1.29, 1.82) is 0 Å². The number of likely N-dealkylation sites (tertiary alicyclic amines) is 1. The molecule has 0 aliphatic carbocycles. The van der Waals surface area contributed by atoms with Crippen molar-refractivity contribution in [1.82, 2.24) is 40.0 Å². The molecule has 6 heterocycles. The Hall–Kier alpha value is -4.50. The molecule has 0 amide bonds. The number of rotatable bonds is 5. The van der Waals surface area contributed by atoms with E-state index in [9.17, 15) is 4.39 Å². The van der Waals surface area contributed by atoms with E-state index >= 15 is 0 Å².